The minimum atomic E-state index is -0.684. The topological polar surface area (TPSA) is 57.7 Å². The van der Waals surface area contributed by atoms with Gasteiger partial charge in [-0.3, -0.25) is 9.78 Å². The van der Waals surface area contributed by atoms with Crippen molar-refractivity contribution in [1.29, 1.82) is 0 Å². The molecule has 4 rings (SSSR count). The Bertz CT molecular complexity index is 886. The summed E-state index contributed by atoms with van der Waals surface area (Å²) in [5.74, 6) is -0.247. The summed E-state index contributed by atoms with van der Waals surface area (Å²) in [6.45, 7) is 4.54. The van der Waals surface area contributed by atoms with Crippen LogP contribution in [0, 0.1) is 0 Å². The molecule has 0 radical (unpaired) electrons. The van der Waals surface area contributed by atoms with Gasteiger partial charge in [-0.15, -0.1) is 11.8 Å². The summed E-state index contributed by atoms with van der Waals surface area (Å²) in [4.78, 5) is 17.4. The van der Waals surface area contributed by atoms with E-state index in [0.717, 1.165) is 48.3 Å². The van der Waals surface area contributed by atoms with Crippen LogP contribution in [0.3, 0.4) is 0 Å². The minimum absolute atomic E-state index is 0.0807. The van der Waals surface area contributed by atoms with E-state index < -0.39 is 4.75 Å². The summed E-state index contributed by atoms with van der Waals surface area (Å²) in [6, 6.07) is 10.5. The molecule has 1 atom stereocenters. The van der Waals surface area contributed by atoms with Crippen LogP contribution in [-0.4, -0.2) is 35.7 Å². The SMILES string of the molecule is COC(=O)C(C)(C)Sc1ccncc1-c1ccc(C2(OC3CCCCO3)CC2)cc1. The van der Waals surface area contributed by atoms with Crippen molar-refractivity contribution in [3.05, 3.63) is 48.3 Å². The van der Waals surface area contributed by atoms with Crippen LogP contribution >= 0.6 is 11.8 Å². The Hall–Kier alpha value is -1.89. The Morgan fingerprint density at radius 1 is 1.20 bits per heavy atom. The second-order valence-electron chi connectivity index (χ2n) is 8.46. The standard InChI is InChI=1S/C24H29NO4S/c1-23(2,22(26)27-3)30-20-11-14-25-16-19(20)17-7-9-18(10-8-17)24(12-13-24)29-21-6-4-5-15-28-21/h7-11,14,16,21H,4-6,12-13,15H2,1-3H3. The van der Waals surface area contributed by atoms with Crippen LogP contribution in [0.1, 0.15) is 51.5 Å². The number of methoxy groups -OCH3 is 1. The zero-order valence-corrected chi connectivity index (χ0v) is 18.7. The molecule has 1 unspecified atom stereocenters. The van der Waals surface area contributed by atoms with Crippen LogP contribution in [0.4, 0.5) is 0 Å². The van der Waals surface area contributed by atoms with E-state index in [4.69, 9.17) is 14.2 Å². The molecule has 160 valence electrons. The number of hydrogen-bond donors (Lipinski definition) is 0. The lowest BCUT2D eigenvalue weighted by atomic mass is 10.0. The predicted octanol–water partition coefficient (Wildman–Crippen LogP) is 5.32. The number of carbonyl (C=O) groups excluding carboxylic acids is 1. The van der Waals surface area contributed by atoms with Gasteiger partial charge >= 0.3 is 5.97 Å². The molecule has 1 aromatic heterocycles. The maximum absolute atomic E-state index is 12.1. The number of pyridine rings is 1. The molecule has 1 saturated carbocycles. The zero-order chi connectivity index (χ0) is 21.2. The fourth-order valence-electron chi connectivity index (χ4n) is 3.85. The number of thioether (sulfide) groups is 1. The molecule has 0 spiro atoms. The molecule has 1 aromatic carbocycles. The fourth-order valence-corrected chi connectivity index (χ4v) is 4.97. The lowest BCUT2D eigenvalue weighted by molar-refractivity contribution is -0.199. The van der Waals surface area contributed by atoms with Gasteiger partial charge in [-0.1, -0.05) is 24.3 Å². The van der Waals surface area contributed by atoms with Crippen LogP contribution < -0.4 is 0 Å². The molecule has 0 bridgehead atoms. The highest BCUT2D eigenvalue weighted by atomic mass is 32.2. The lowest BCUT2D eigenvalue weighted by Crippen LogP contribution is -2.28. The number of aromatic nitrogens is 1. The van der Waals surface area contributed by atoms with E-state index in [1.165, 1.54) is 30.9 Å². The molecule has 0 amide bonds. The van der Waals surface area contributed by atoms with Crippen molar-refractivity contribution >= 4 is 17.7 Å². The fraction of sp³-hybridized carbons (Fsp3) is 0.500. The van der Waals surface area contributed by atoms with E-state index in [2.05, 4.69) is 29.2 Å². The van der Waals surface area contributed by atoms with E-state index >= 15 is 0 Å². The number of hydrogen-bond acceptors (Lipinski definition) is 6. The van der Waals surface area contributed by atoms with Crippen molar-refractivity contribution in [2.24, 2.45) is 0 Å². The molecule has 0 N–H and O–H groups in total. The molecule has 6 heteroatoms. The Morgan fingerprint density at radius 2 is 1.97 bits per heavy atom. The molecule has 1 aliphatic heterocycles. The zero-order valence-electron chi connectivity index (χ0n) is 17.8. The highest BCUT2D eigenvalue weighted by Gasteiger charge is 2.47. The van der Waals surface area contributed by atoms with Gasteiger partial charge in [-0.2, -0.15) is 0 Å². The van der Waals surface area contributed by atoms with Crippen molar-refractivity contribution in [3.63, 3.8) is 0 Å². The summed E-state index contributed by atoms with van der Waals surface area (Å²) in [6.07, 6.45) is 8.87. The molecular weight excluding hydrogens is 398 g/mol. The van der Waals surface area contributed by atoms with Gasteiger partial charge in [0.05, 0.1) is 12.7 Å². The third-order valence-electron chi connectivity index (χ3n) is 5.74. The van der Waals surface area contributed by atoms with E-state index in [9.17, 15) is 4.79 Å². The van der Waals surface area contributed by atoms with Gasteiger partial charge in [0.25, 0.3) is 0 Å². The smallest absolute Gasteiger partial charge is 0.321 e. The van der Waals surface area contributed by atoms with Crippen molar-refractivity contribution in [2.45, 2.75) is 67.5 Å². The summed E-state index contributed by atoms with van der Waals surface area (Å²) >= 11 is 1.49. The molecular formula is C24H29NO4S. The lowest BCUT2D eigenvalue weighted by Gasteiger charge is -2.28. The molecule has 2 aromatic rings. The van der Waals surface area contributed by atoms with Crippen molar-refractivity contribution in [2.75, 3.05) is 13.7 Å². The monoisotopic (exact) mass is 427 g/mol. The summed E-state index contributed by atoms with van der Waals surface area (Å²) < 4.78 is 16.4. The third kappa shape index (κ3) is 4.56. The average molecular weight is 428 g/mol. The van der Waals surface area contributed by atoms with Gasteiger partial charge in [0, 0.05) is 29.5 Å². The average Bonchev–Trinajstić information content (AvgIpc) is 3.54. The first-order valence-corrected chi connectivity index (χ1v) is 11.4. The van der Waals surface area contributed by atoms with Crippen molar-refractivity contribution in [1.82, 2.24) is 4.98 Å². The van der Waals surface area contributed by atoms with E-state index in [-0.39, 0.29) is 17.9 Å². The number of esters is 1. The summed E-state index contributed by atoms with van der Waals surface area (Å²) in [5, 5.41) is 0. The van der Waals surface area contributed by atoms with Gasteiger partial charge in [0.15, 0.2) is 6.29 Å². The van der Waals surface area contributed by atoms with Crippen LogP contribution in [-0.2, 0) is 24.6 Å². The van der Waals surface area contributed by atoms with Crippen LogP contribution in [0.15, 0.2) is 47.6 Å². The number of ether oxygens (including phenoxy) is 3. The second-order valence-corrected chi connectivity index (χ2v) is 10.1. The normalized spacial score (nSPS) is 20.6. The third-order valence-corrected chi connectivity index (χ3v) is 7.00. The first-order valence-electron chi connectivity index (χ1n) is 10.6. The molecule has 30 heavy (non-hydrogen) atoms. The molecule has 5 nitrogen and oxygen atoms in total. The van der Waals surface area contributed by atoms with Crippen molar-refractivity contribution < 1.29 is 19.0 Å². The molecule has 1 aliphatic carbocycles. The Labute approximate surface area is 182 Å². The molecule has 2 heterocycles. The highest BCUT2D eigenvalue weighted by molar-refractivity contribution is 8.01. The Kier molecular flexibility index (Phi) is 6.19. The van der Waals surface area contributed by atoms with E-state index in [1.807, 2.05) is 26.1 Å². The first-order chi connectivity index (χ1) is 14.4. The van der Waals surface area contributed by atoms with Crippen LogP contribution in [0.2, 0.25) is 0 Å². The molecule has 2 fully saturated rings. The van der Waals surface area contributed by atoms with Gasteiger partial charge in [0.2, 0.25) is 0 Å². The van der Waals surface area contributed by atoms with E-state index in [0.29, 0.717) is 0 Å². The number of rotatable bonds is 7. The van der Waals surface area contributed by atoms with Crippen LogP contribution in [0.5, 0.6) is 0 Å². The quantitative estimate of drug-likeness (QED) is 0.440. The van der Waals surface area contributed by atoms with E-state index in [1.54, 1.807) is 6.20 Å². The highest BCUT2D eigenvalue weighted by Crippen LogP contribution is 2.51. The van der Waals surface area contributed by atoms with Crippen LogP contribution in [0.25, 0.3) is 11.1 Å². The van der Waals surface area contributed by atoms with Gasteiger partial charge in [-0.25, -0.2) is 0 Å². The predicted molar refractivity (Wildman–Crippen MR) is 117 cm³/mol. The van der Waals surface area contributed by atoms with Crippen molar-refractivity contribution in [3.8, 4) is 11.1 Å². The summed E-state index contributed by atoms with van der Waals surface area (Å²) in [7, 11) is 1.42. The van der Waals surface area contributed by atoms with Gasteiger partial charge < -0.3 is 14.2 Å². The molecule has 2 aliphatic rings. The number of carbonyl (C=O) groups is 1. The largest absolute Gasteiger partial charge is 0.468 e. The Morgan fingerprint density at radius 3 is 2.60 bits per heavy atom. The summed E-state index contributed by atoms with van der Waals surface area (Å²) in [5.41, 5.74) is 3.08. The maximum Gasteiger partial charge on any atom is 0.321 e. The second kappa shape index (κ2) is 8.69. The maximum atomic E-state index is 12.1. The number of benzene rings is 1. The number of nitrogens with zero attached hydrogens (tertiary/aromatic N) is 1. The minimum Gasteiger partial charge on any atom is -0.468 e. The van der Waals surface area contributed by atoms with Gasteiger partial charge in [0.1, 0.15) is 4.75 Å². The Balaban J connectivity index is 1.53. The first kappa shape index (κ1) is 21.3. The van der Waals surface area contributed by atoms with Gasteiger partial charge in [-0.05, 0) is 63.1 Å². The molecule has 1 saturated heterocycles.